The summed E-state index contributed by atoms with van der Waals surface area (Å²) in [6, 6.07) is 14.6. The molecule has 0 bridgehead atoms. The fourth-order valence-electron chi connectivity index (χ4n) is 7.00. The molecule has 4 nitrogen and oxygen atoms in total. The van der Waals surface area contributed by atoms with Crippen molar-refractivity contribution >= 4 is 23.1 Å². The molecule has 2 atom stereocenters. The van der Waals surface area contributed by atoms with E-state index in [-0.39, 0.29) is 22.6 Å². The van der Waals surface area contributed by atoms with Crippen LogP contribution in [0, 0.1) is 17.2 Å². The lowest BCUT2D eigenvalue weighted by Crippen LogP contribution is -2.53. The van der Waals surface area contributed by atoms with Gasteiger partial charge in [0, 0.05) is 30.1 Å². The minimum absolute atomic E-state index is 0.194. The Kier molecular flexibility index (Phi) is 6.01. The van der Waals surface area contributed by atoms with Gasteiger partial charge >= 0.3 is 0 Å². The van der Waals surface area contributed by atoms with Crippen molar-refractivity contribution in [2.75, 3.05) is 7.11 Å². The van der Waals surface area contributed by atoms with Crippen LogP contribution in [0.4, 0.5) is 4.39 Å². The first kappa shape index (κ1) is 25.5. The molecule has 0 radical (unpaired) electrons. The fraction of sp³-hybridized carbons (Fsp3) is 0.353. The summed E-state index contributed by atoms with van der Waals surface area (Å²) in [6.45, 7) is 6.91. The number of methoxy groups -OCH3 is 1. The molecule has 0 saturated heterocycles. The fourth-order valence-corrected chi connectivity index (χ4v) is 7.00. The predicted octanol–water partition coefficient (Wildman–Crippen LogP) is 8.39. The van der Waals surface area contributed by atoms with E-state index in [2.05, 4.69) is 43.7 Å². The van der Waals surface area contributed by atoms with E-state index in [0.717, 1.165) is 63.7 Å². The maximum atomic E-state index is 13.5. The van der Waals surface area contributed by atoms with Gasteiger partial charge in [0.2, 0.25) is 0 Å². The average molecular weight is 526 g/mol. The van der Waals surface area contributed by atoms with E-state index in [9.17, 15) is 9.50 Å². The van der Waals surface area contributed by atoms with Crippen molar-refractivity contribution in [1.29, 1.82) is 0 Å². The second-order valence-corrected chi connectivity index (χ2v) is 12.2. The van der Waals surface area contributed by atoms with Crippen LogP contribution in [-0.2, 0) is 13.5 Å². The molecule has 1 aliphatic heterocycles. The molecule has 1 aliphatic carbocycles. The van der Waals surface area contributed by atoms with Crippen LogP contribution in [0.5, 0.6) is 17.2 Å². The maximum absolute atomic E-state index is 13.5. The number of phenolic OH excluding ortho intramolecular Hbond substituents is 1. The minimum atomic E-state index is -0.255. The lowest BCUT2D eigenvalue weighted by Gasteiger charge is -2.53. The van der Waals surface area contributed by atoms with Crippen molar-refractivity contribution in [2.45, 2.75) is 52.1 Å². The molecule has 1 aromatic heterocycles. The molecule has 1 N–H and O–H groups in total. The number of fused-ring (bicyclic) bond motifs is 3. The second-order valence-electron chi connectivity index (χ2n) is 12.2. The first-order chi connectivity index (χ1) is 18.6. The highest BCUT2D eigenvalue weighted by molar-refractivity contribution is 6.01. The molecule has 1 saturated carbocycles. The van der Waals surface area contributed by atoms with Crippen LogP contribution in [0.1, 0.15) is 56.7 Å². The van der Waals surface area contributed by atoms with Crippen molar-refractivity contribution < 1.29 is 19.0 Å². The zero-order valence-corrected chi connectivity index (χ0v) is 23.3. The number of hydrogen-bond donors (Lipinski definition) is 1. The Morgan fingerprint density at radius 1 is 1.03 bits per heavy atom. The summed E-state index contributed by atoms with van der Waals surface area (Å²) >= 11 is 0. The Morgan fingerprint density at radius 3 is 2.46 bits per heavy atom. The number of aryl methyl sites for hydroxylation is 1. The monoisotopic (exact) mass is 525 g/mol. The van der Waals surface area contributed by atoms with Gasteiger partial charge in [0.05, 0.1) is 12.6 Å². The van der Waals surface area contributed by atoms with Crippen LogP contribution in [0.3, 0.4) is 0 Å². The highest BCUT2D eigenvalue weighted by atomic mass is 19.1. The summed E-state index contributed by atoms with van der Waals surface area (Å²) in [7, 11) is 3.68. The van der Waals surface area contributed by atoms with Gasteiger partial charge in [-0.1, -0.05) is 38.1 Å². The van der Waals surface area contributed by atoms with Crippen LogP contribution < -0.4 is 9.47 Å². The van der Waals surface area contributed by atoms with Crippen LogP contribution in [0.2, 0.25) is 0 Å². The molecule has 202 valence electrons. The van der Waals surface area contributed by atoms with Crippen LogP contribution in [0.15, 0.2) is 54.7 Å². The smallest absolute Gasteiger partial charge is 0.164 e. The van der Waals surface area contributed by atoms with E-state index in [1.54, 1.807) is 25.3 Å². The molecule has 1 unspecified atom stereocenters. The Bertz CT molecular complexity index is 1600. The molecule has 0 spiro atoms. The van der Waals surface area contributed by atoms with Crippen LogP contribution in [0.25, 0.3) is 34.2 Å². The Balaban J connectivity index is 1.35. The zero-order valence-electron chi connectivity index (χ0n) is 23.3. The van der Waals surface area contributed by atoms with E-state index in [1.165, 1.54) is 18.6 Å². The summed E-state index contributed by atoms with van der Waals surface area (Å²) in [4.78, 5) is 0. The normalized spacial score (nSPS) is 21.9. The number of benzene rings is 3. The Hall–Kier alpha value is -3.73. The molecule has 0 amide bonds. The number of halogens is 1. The van der Waals surface area contributed by atoms with E-state index in [4.69, 9.17) is 9.47 Å². The summed E-state index contributed by atoms with van der Waals surface area (Å²) in [5, 5.41) is 11.9. The van der Waals surface area contributed by atoms with Gasteiger partial charge in [-0.15, -0.1) is 0 Å². The van der Waals surface area contributed by atoms with Crippen molar-refractivity contribution in [2.24, 2.45) is 18.4 Å². The molecule has 5 heteroatoms. The maximum Gasteiger partial charge on any atom is 0.164 e. The average Bonchev–Trinajstić information content (AvgIpc) is 3.23. The summed E-state index contributed by atoms with van der Waals surface area (Å²) in [5.41, 5.74) is 5.91. The molecule has 3 aromatic carbocycles. The third kappa shape index (κ3) is 4.38. The van der Waals surface area contributed by atoms with Crippen molar-refractivity contribution in [1.82, 2.24) is 4.57 Å². The van der Waals surface area contributed by atoms with Gasteiger partial charge in [-0.25, -0.2) is 4.39 Å². The van der Waals surface area contributed by atoms with E-state index in [0.29, 0.717) is 11.7 Å². The highest BCUT2D eigenvalue weighted by Gasteiger charge is 2.51. The molecular weight excluding hydrogens is 489 g/mol. The highest BCUT2D eigenvalue weighted by Crippen LogP contribution is 2.54. The largest absolute Gasteiger partial charge is 0.504 e. The lowest BCUT2D eigenvalue weighted by atomic mass is 9.59. The van der Waals surface area contributed by atoms with Gasteiger partial charge in [0.1, 0.15) is 17.2 Å². The molecule has 6 rings (SSSR count). The lowest BCUT2D eigenvalue weighted by molar-refractivity contribution is -0.0827. The third-order valence-electron chi connectivity index (χ3n) is 9.02. The Morgan fingerprint density at radius 2 is 1.74 bits per heavy atom. The zero-order chi connectivity index (χ0) is 27.5. The number of ether oxygens (including phenoxy) is 2. The minimum Gasteiger partial charge on any atom is -0.504 e. The van der Waals surface area contributed by atoms with Crippen molar-refractivity contribution in [3.8, 4) is 28.4 Å². The summed E-state index contributed by atoms with van der Waals surface area (Å²) < 4.78 is 27.9. The molecule has 1 fully saturated rings. The number of aromatic hydroxyl groups is 1. The first-order valence-electron chi connectivity index (χ1n) is 13.7. The summed E-state index contributed by atoms with van der Waals surface area (Å²) in [6.07, 6.45) is 10.4. The van der Waals surface area contributed by atoms with Crippen molar-refractivity contribution in [3.05, 3.63) is 77.2 Å². The van der Waals surface area contributed by atoms with Gasteiger partial charge in [-0.2, -0.15) is 0 Å². The number of nitrogens with zero attached hydrogens (tertiary/aromatic N) is 1. The number of rotatable bonds is 4. The van der Waals surface area contributed by atoms with Crippen LogP contribution >= 0.6 is 0 Å². The van der Waals surface area contributed by atoms with E-state index < -0.39 is 0 Å². The van der Waals surface area contributed by atoms with Gasteiger partial charge in [-0.05, 0) is 96.7 Å². The van der Waals surface area contributed by atoms with Crippen LogP contribution in [-0.4, -0.2) is 22.4 Å². The number of phenols is 1. The predicted molar refractivity (Wildman–Crippen MR) is 156 cm³/mol. The molecule has 4 aromatic rings. The Labute approximate surface area is 229 Å². The molecule has 2 aliphatic rings. The number of hydrogen-bond acceptors (Lipinski definition) is 3. The van der Waals surface area contributed by atoms with Crippen molar-refractivity contribution in [3.63, 3.8) is 0 Å². The van der Waals surface area contributed by atoms with E-state index >= 15 is 0 Å². The van der Waals surface area contributed by atoms with Gasteiger partial charge in [-0.3, -0.25) is 0 Å². The van der Waals surface area contributed by atoms with Gasteiger partial charge in [0.25, 0.3) is 0 Å². The van der Waals surface area contributed by atoms with Gasteiger partial charge in [0.15, 0.2) is 11.5 Å². The topological polar surface area (TPSA) is 43.6 Å². The first-order valence-corrected chi connectivity index (χ1v) is 13.7. The quantitative estimate of drug-likeness (QED) is 0.272. The molecule has 2 heterocycles. The SMILES string of the molecule is COc1cc(/C=C/c2cc(O)c3c(c2)CC2C(C)(C)CCC[C@@]2(C)O3)cc2c1c(-c1ccc(F)cc1)cn2C. The standard InChI is InChI=1S/C34H36FNO3/c1-33(2)13-6-14-34(3)30(33)19-24-15-21(17-28(37)32(24)39-34)7-8-22-16-27-31(29(18-22)38-5)26(20-36(27)4)23-9-11-25(35)12-10-23/h7-12,15-18,20,30,37H,6,13-14,19H2,1-5H3/b8-7+/t30?,34-/m1/s1. The summed E-state index contributed by atoms with van der Waals surface area (Å²) in [5.74, 6) is 1.75. The third-order valence-corrected chi connectivity index (χ3v) is 9.02. The second kappa shape index (κ2) is 9.18. The molecular formula is C34H36FNO3. The van der Waals surface area contributed by atoms with Gasteiger partial charge < -0.3 is 19.1 Å². The molecule has 39 heavy (non-hydrogen) atoms. The van der Waals surface area contributed by atoms with E-state index in [1.807, 2.05) is 25.3 Å². The number of aromatic nitrogens is 1.